The summed E-state index contributed by atoms with van der Waals surface area (Å²) in [6, 6.07) is 9.83. The van der Waals surface area contributed by atoms with Crippen LogP contribution < -0.4 is 10.4 Å². The third-order valence-electron chi connectivity index (χ3n) is 13.6. The molecule has 4 atom stereocenters. The molecule has 6 rings (SSSR count). The third-order valence-corrected chi connectivity index (χ3v) is 28.4. The average molecular weight is 837 g/mol. The number of aromatic nitrogens is 1. The van der Waals surface area contributed by atoms with Gasteiger partial charge >= 0.3 is 12.4 Å². The van der Waals surface area contributed by atoms with Crippen LogP contribution in [0.4, 0.5) is 26.3 Å². The van der Waals surface area contributed by atoms with E-state index in [-0.39, 0.29) is 40.7 Å². The zero-order valence-corrected chi connectivity index (χ0v) is 38.1. The molecule has 1 aromatic heterocycles. The molecule has 2 aliphatic heterocycles. The van der Waals surface area contributed by atoms with Gasteiger partial charge in [0.2, 0.25) is 0 Å². The molecule has 308 valence electrons. The average Bonchev–Trinajstić information content (AvgIpc) is 3.42. The van der Waals surface area contributed by atoms with E-state index in [0.717, 1.165) is 41.1 Å². The van der Waals surface area contributed by atoms with Crippen molar-refractivity contribution < 1.29 is 40.0 Å². The van der Waals surface area contributed by atoms with E-state index in [1.165, 1.54) is 12.1 Å². The lowest BCUT2D eigenvalue weighted by Gasteiger charge is -2.46. The summed E-state index contributed by atoms with van der Waals surface area (Å²) in [7, 11) is -8.43. The molecule has 56 heavy (non-hydrogen) atoms. The Hall–Kier alpha value is -2.50. The van der Waals surface area contributed by atoms with Crippen LogP contribution in [-0.4, -0.2) is 45.8 Å². The van der Waals surface area contributed by atoms with Gasteiger partial charge in [-0.3, -0.25) is 4.79 Å². The van der Waals surface area contributed by atoms with Crippen LogP contribution in [0.3, 0.4) is 0 Å². The number of nitrogens with zero attached hydrogens (tertiary/aromatic N) is 2. The third kappa shape index (κ3) is 7.05. The Morgan fingerprint density at radius 1 is 0.732 bits per heavy atom. The van der Waals surface area contributed by atoms with Crippen LogP contribution in [0.5, 0.6) is 0 Å². The Bertz CT molecular complexity index is 1960. The van der Waals surface area contributed by atoms with Crippen molar-refractivity contribution in [1.29, 1.82) is 0 Å². The molecule has 2 unspecified atom stereocenters. The zero-order valence-electron chi connectivity index (χ0n) is 35.1. The number of Topliss-reactive ketones (excluding diaryl/α,β-unsaturated/α-hetero) is 1. The van der Waals surface area contributed by atoms with Gasteiger partial charge < -0.3 is 18.0 Å². The Labute approximate surface area is 331 Å². The largest absolute Gasteiger partial charge is 0.416 e. The fourth-order valence-electron chi connectivity index (χ4n) is 8.67. The van der Waals surface area contributed by atoms with Crippen LogP contribution in [0, 0.1) is 0 Å². The molecule has 0 amide bonds. The van der Waals surface area contributed by atoms with Crippen LogP contribution in [0.2, 0.25) is 41.3 Å². The van der Waals surface area contributed by atoms with Gasteiger partial charge in [-0.15, -0.1) is 0 Å². The minimum Gasteiger partial charge on any atom is -0.412 e. The van der Waals surface area contributed by atoms with Crippen molar-refractivity contribution in [2.24, 2.45) is 0 Å². The van der Waals surface area contributed by atoms with E-state index in [4.69, 9.17) is 8.85 Å². The van der Waals surface area contributed by atoms with Gasteiger partial charge in [-0.1, -0.05) is 98.7 Å². The van der Waals surface area contributed by atoms with Crippen LogP contribution in [-0.2, 0) is 34.4 Å². The van der Waals surface area contributed by atoms with Crippen molar-refractivity contribution >= 4 is 41.0 Å². The van der Waals surface area contributed by atoms with Crippen molar-refractivity contribution in [3.8, 4) is 0 Å². The van der Waals surface area contributed by atoms with E-state index in [2.05, 4.69) is 76.9 Å². The highest BCUT2D eigenvalue weighted by atomic mass is 28.4. The summed E-state index contributed by atoms with van der Waals surface area (Å²) in [4.78, 5) is 14.1. The highest BCUT2D eigenvalue weighted by molar-refractivity contribution is 7.02. The lowest BCUT2D eigenvalue weighted by molar-refractivity contribution is -0.138. The van der Waals surface area contributed by atoms with Crippen molar-refractivity contribution in [3.05, 3.63) is 82.2 Å². The second-order valence-electron chi connectivity index (χ2n) is 20.2. The number of fused-ring (bicyclic) bond motifs is 5. The molecule has 1 aliphatic carbocycles. The first-order valence-electron chi connectivity index (χ1n) is 19.6. The number of hydrogen-bond donors (Lipinski definition) is 0. The number of rotatable bonds is 8. The van der Waals surface area contributed by atoms with Crippen LogP contribution in [0.1, 0.15) is 126 Å². The normalized spacial score (nSPS) is 22.2. The molecule has 0 bridgehead atoms. The summed E-state index contributed by atoms with van der Waals surface area (Å²) in [6.45, 7) is 28.2. The zero-order chi connectivity index (χ0) is 42.0. The molecular formula is C42H58F6N2O3Si3. The predicted molar refractivity (Wildman–Crippen MR) is 217 cm³/mol. The highest BCUT2D eigenvalue weighted by Gasteiger charge is 2.70. The van der Waals surface area contributed by atoms with Gasteiger partial charge in [-0.2, -0.15) is 26.3 Å². The van der Waals surface area contributed by atoms with Crippen molar-refractivity contribution in [2.45, 2.75) is 160 Å². The molecule has 3 aromatic rings. The molecule has 0 N–H and O–H groups in total. The molecule has 1 fully saturated rings. The van der Waals surface area contributed by atoms with Crippen LogP contribution in [0.25, 0.3) is 0 Å². The lowest BCUT2D eigenvalue weighted by atomic mass is 9.90. The first kappa shape index (κ1) is 43.1. The second kappa shape index (κ2) is 13.5. The Morgan fingerprint density at radius 3 is 1.68 bits per heavy atom. The Morgan fingerprint density at radius 2 is 1.23 bits per heavy atom. The van der Waals surface area contributed by atoms with E-state index >= 15 is 0 Å². The number of benzene rings is 2. The fraction of sp³-hybridized carbons (Fsp3) is 0.595. The highest BCUT2D eigenvalue weighted by Crippen LogP contribution is 2.61. The van der Waals surface area contributed by atoms with E-state index < -0.39 is 53.4 Å². The summed E-state index contributed by atoms with van der Waals surface area (Å²) in [5, 5.41) is -0.208. The Balaban J connectivity index is 1.61. The molecule has 0 spiro atoms. The van der Waals surface area contributed by atoms with E-state index in [9.17, 15) is 31.1 Å². The summed E-state index contributed by atoms with van der Waals surface area (Å²) < 4.78 is 105. The van der Waals surface area contributed by atoms with Crippen molar-refractivity contribution in [2.75, 3.05) is 0 Å². The van der Waals surface area contributed by atoms with E-state index in [0.29, 0.717) is 35.5 Å². The predicted octanol–water partition coefficient (Wildman–Crippen LogP) is 11.4. The minimum absolute atomic E-state index is 0.0258. The maximum absolute atomic E-state index is 14.4. The summed E-state index contributed by atoms with van der Waals surface area (Å²) in [5.74, 6) is 0.0258. The number of halogens is 6. The van der Waals surface area contributed by atoms with Gasteiger partial charge in [-0.25, -0.2) is 0 Å². The van der Waals surface area contributed by atoms with Gasteiger partial charge in [0.1, 0.15) is 0 Å². The van der Waals surface area contributed by atoms with E-state index in [1.807, 2.05) is 20.8 Å². The van der Waals surface area contributed by atoms with E-state index in [1.54, 1.807) is 12.1 Å². The molecule has 1 saturated heterocycles. The standard InChI is InChI=1S/C42H58F6N2O3Si3/c1-38(2,3)54(10,11)52-25-30-34-33(53-55(12,13)39(4,5)6)21-20-32(51)37(34)49-24-31-36(35(30)49)50(31)56(40(7,8)9,28-18-14-16-26(22-28)41(43,44)45)29-19-15-17-27(23-29)42(46,47)48/h14-19,22-23,31,33,36H,20-21,24-25H2,1-13H3/t31-,33?,36-,50?/m0/s1. The summed E-state index contributed by atoms with van der Waals surface area (Å²) in [5.41, 5.74) is 1.57. The van der Waals surface area contributed by atoms with Gasteiger partial charge in [0, 0.05) is 35.8 Å². The number of carbonyl (C=O) groups excluding carboxylic acids is 1. The van der Waals surface area contributed by atoms with Crippen LogP contribution >= 0.6 is 0 Å². The monoisotopic (exact) mass is 836 g/mol. The molecule has 14 heteroatoms. The first-order valence-corrected chi connectivity index (χ1v) is 27.4. The molecule has 3 aliphatic rings. The van der Waals surface area contributed by atoms with Crippen molar-refractivity contribution in [1.82, 2.24) is 9.13 Å². The quantitative estimate of drug-likeness (QED) is 0.129. The lowest BCUT2D eigenvalue weighted by Crippen LogP contribution is -2.71. The SMILES string of the molecule is CC(C)(C)[Si](C)(C)OCc1c2c(n3c1[C@@H]1[C@H](C3)N1[Si](c1cccc(C(F)(F)F)c1)(c1cccc(C(F)(F)F)c1)C(C)(C)C)C(=O)CCC2O[Si](C)(C)C(C)(C)C. The van der Waals surface area contributed by atoms with Crippen LogP contribution in [0.15, 0.2) is 48.5 Å². The number of carbonyl (C=O) groups is 1. The number of ketones is 1. The molecule has 2 aromatic carbocycles. The van der Waals surface area contributed by atoms with Gasteiger partial charge in [0.25, 0.3) is 0 Å². The molecule has 0 radical (unpaired) electrons. The maximum Gasteiger partial charge on any atom is 0.416 e. The number of alkyl halides is 6. The summed E-state index contributed by atoms with van der Waals surface area (Å²) in [6.07, 6.45) is -8.80. The minimum atomic E-state index is -4.65. The Kier molecular flexibility index (Phi) is 10.4. The first-order chi connectivity index (χ1) is 25.4. The van der Waals surface area contributed by atoms with Gasteiger partial charge in [0.15, 0.2) is 30.7 Å². The second-order valence-corrected chi connectivity index (χ2v) is 34.3. The van der Waals surface area contributed by atoms with Gasteiger partial charge in [-0.05, 0) is 70.2 Å². The smallest absolute Gasteiger partial charge is 0.412 e. The molecule has 3 heterocycles. The molecule has 0 saturated carbocycles. The maximum atomic E-state index is 14.4. The topological polar surface area (TPSA) is 43.5 Å². The molecular weight excluding hydrogens is 779 g/mol. The van der Waals surface area contributed by atoms with Gasteiger partial charge in [0.05, 0.1) is 35.6 Å². The molecule has 5 nitrogen and oxygen atoms in total. The summed E-state index contributed by atoms with van der Waals surface area (Å²) >= 11 is 0. The number of hydrogen-bond acceptors (Lipinski definition) is 4. The fourth-order valence-corrected chi connectivity index (χ4v) is 17.1. The van der Waals surface area contributed by atoms with Crippen molar-refractivity contribution in [3.63, 3.8) is 0 Å².